The van der Waals surface area contributed by atoms with E-state index in [1.165, 1.54) is 6.92 Å². The third-order valence-corrected chi connectivity index (χ3v) is 5.37. The van der Waals surface area contributed by atoms with Crippen molar-refractivity contribution in [3.8, 4) is 0 Å². The van der Waals surface area contributed by atoms with Gasteiger partial charge in [0.1, 0.15) is 6.04 Å². The number of ether oxygens (including phenoxy) is 1. The van der Waals surface area contributed by atoms with Crippen molar-refractivity contribution >= 4 is 29.4 Å². The second-order valence-electron chi connectivity index (χ2n) is 7.19. The fourth-order valence-electron chi connectivity index (χ4n) is 3.83. The maximum Gasteiger partial charge on any atom is 0.329 e. The second kappa shape index (κ2) is 7.90. The van der Waals surface area contributed by atoms with E-state index in [0.717, 1.165) is 23.3 Å². The van der Waals surface area contributed by atoms with Gasteiger partial charge in [-0.05, 0) is 38.3 Å². The van der Waals surface area contributed by atoms with Crippen LogP contribution >= 0.6 is 0 Å². The number of hydrogen-bond acceptors (Lipinski definition) is 5. The molecule has 1 aliphatic heterocycles. The summed E-state index contributed by atoms with van der Waals surface area (Å²) in [4.78, 5) is 50.4. The number of hydrogen-bond donors (Lipinski definition) is 1. The van der Waals surface area contributed by atoms with Gasteiger partial charge in [0.25, 0.3) is 5.91 Å². The van der Waals surface area contributed by atoms with Crippen molar-refractivity contribution in [1.29, 1.82) is 0 Å². The maximum atomic E-state index is 12.5. The summed E-state index contributed by atoms with van der Waals surface area (Å²) in [5.41, 5.74) is 1.53. The first-order valence-electron chi connectivity index (χ1n) is 9.29. The minimum absolute atomic E-state index is 0.293. The van der Waals surface area contributed by atoms with Crippen molar-refractivity contribution in [3.05, 3.63) is 29.8 Å². The van der Waals surface area contributed by atoms with Crippen LogP contribution in [0.1, 0.15) is 38.2 Å². The zero-order valence-electron chi connectivity index (χ0n) is 15.6. The van der Waals surface area contributed by atoms with Gasteiger partial charge in [-0.1, -0.05) is 31.0 Å². The summed E-state index contributed by atoms with van der Waals surface area (Å²) < 4.78 is 5.04. The van der Waals surface area contributed by atoms with Crippen LogP contribution in [-0.4, -0.2) is 41.2 Å². The quantitative estimate of drug-likeness (QED) is 0.631. The van der Waals surface area contributed by atoms with Crippen molar-refractivity contribution in [3.63, 3.8) is 0 Å². The van der Waals surface area contributed by atoms with Gasteiger partial charge in [-0.15, -0.1) is 0 Å². The fourth-order valence-corrected chi connectivity index (χ4v) is 3.83. The predicted molar refractivity (Wildman–Crippen MR) is 97.5 cm³/mol. The van der Waals surface area contributed by atoms with E-state index in [4.69, 9.17) is 4.74 Å². The Morgan fingerprint density at radius 3 is 2.33 bits per heavy atom. The number of nitrogens with one attached hydrogen (secondary N) is 1. The van der Waals surface area contributed by atoms with E-state index in [1.807, 2.05) is 19.1 Å². The monoisotopic (exact) mass is 372 g/mol. The number of benzene rings is 1. The van der Waals surface area contributed by atoms with E-state index in [1.54, 1.807) is 12.1 Å². The van der Waals surface area contributed by atoms with Gasteiger partial charge in [0.15, 0.2) is 6.61 Å². The standard InChI is InChI=1S/C20H24N2O5/c1-12-7-3-6-10-16(12)21-17(23)11-27-20(26)13(2)22-18(24)14-8-4-5-9-15(14)19(22)25/h3,6-7,10,13-15H,4-5,8-9,11H2,1-2H3,(H,21,23)/t13-,14-,15-/m0/s1. The molecule has 3 amide bonds. The van der Waals surface area contributed by atoms with Crippen molar-refractivity contribution < 1.29 is 23.9 Å². The number of anilines is 1. The van der Waals surface area contributed by atoms with E-state index in [2.05, 4.69) is 5.32 Å². The van der Waals surface area contributed by atoms with Crippen LogP contribution in [0.25, 0.3) is 0 Å². The molecule has 27 heavy (non-hydrogen) atoms. The normalized spacial score (nSPS) is 23.0. The number of para-hydroxylation sites is 1. The number of rotatable bonds is 5. The highest BCUT2D eigenvalue weighted by atomic mass is 16.5. The Bertz CT molecular complexity index is 751. The predicted octanol–water partition coefficient (Wildman–Crippen LogP) is 2.04. The Hall–Kier alpha value is -2.70. The lowest BCUT2D eigenvalue weighted by molar-refractivity contribution is -0.159. The lowest BCUT2D eigenvalue weighted by Crippen LogP contribution is -2.45. The number of likely N-dealkylation sites (tertiary alicyclic amines) is 1. The third-order valence-electron chi connectivity index (χ3n) is 5.37. The minimum atomic E-state index is -1.03. The molecule has 1 heterocycles. The number of esters is 1. The fraction of sp³-hybridized carbons (Fsp3) is 0.500. The smallest absolute Gasteiger partial charge is 0.329 e. The summed E-state index contributed by atoms with van der Waals surface area (Å²) in [5, 5.41) is 2.67. The summed E-state index contributed by atoms with van der Waals surface area (Å²) >= 11 is 0. The average Bonchev–Trinajstić information content (AvgIpc) is 2.92. The molecule has 144 valence electrons. The van der Waals surface area contributed by atoms with E-state index >= 15 is 0 Å². The van der Waals surface area contributed by atoms with Crippen LogP contribution in [0.15, 0.2) is 24.3 Å². The Morgan fingerprint density at radius 1 is 1.15 bits per heavy atom. The molecule has 1 aromatic rings. The molecule has 3 rings (SSSR count). The van der Waals surface area contributed by atoms with Crippen LogP contribution in [0.4, 0.5) is 5.69 Å². The van der Waals surface area contributed by atoms with Gasteiger partial charge >= 0.3 is 5.97 Å². The van der Waals surface area contributed by atoms with Crippen molar-refractivity contribution in [1.82, 2.24) is 4.90 Å². The van der Waals surface area contributed by atoms with E-state index in [9.17, 15) is 19.2 Å². The molecule has 0 radical (unpaired) electrons. The first-order valence-corrected chi connectivity index (χ1v) is 9.29. The molecule has 0 bridgehead atoms. The topological polar surface area (TPSA) is 92.8 Å². The van der Waals surface area contributed by atoms with Gasteiger partial charge in [0.05, 0.1) is 11.8 Å². The zero-order chi connectivity index (χ0) is 19.6. The Labute approximate surface area is 158 Å². The average molecular weight is 372 g/mol. The number of fused-ring (bicyclic) bond motifs is 1. The van der Waals surface area contributed by atoms with E-state index in [-0.39, 0.29) is 23.7 Å². The SMILES string of the molecule is Cc1ccccc1NC(=O)COC(=O)[C@H](C)N1C(=O)[C@H]2CCCC[C@@H]2C1=O. The molecule has 3 atom stereocenters. The molecule has 7 heteroatoms. The maximum absolute atomic E-state index is 12.5. The molecule has 1 saturated carbocycles. The largest absolute Gasteiger partial charge is 0.454 e. The lowest BCUT2D eigenvalue weighted by Gasteiger charge is -2.21. The Kier molecular flexibility index (Phi) is 5.58. The van der Waals surface area contributed by atoms with Crippen molar-refractivity contribution in [2.75, 3.05) is 11.9 Å². The van der Waals surface area contributed by atoms with Gasteiger partial charge < -0.3 is 10.1 Å². The molecule has 2 aliphatic rings. The van der Waals surface area contributed by atoms with Gasteiger partial charge in [-0.25, -0.2) is 4.79 Å². The molecular weight excluding hydrogens is 348 g/mol. The van der Waals surface area contributed by atoms with Crippen LogP contribution in [0, 0.1) is 18.8 Å². The summed E-state index contributed by atoms with van der Waals surface area (Å²) in [6.45, 7) is 2.85. The lowest BCUT2D eigenvalue weighted by atomic mass is 9.81. The molecular formula is C20H24N2O5. The van der Waals surface area contributed by atoms with Crippen LogP contribution < -0.4 is 5.32 Å². The van der Waals surface area contributed by atoms with Crippen LogP contribution in [-0.2, 0) is 23.9 Å². The number of carbonyl (C=O) groups excluding carboxylic acids is 4. The number of imide groups is 1. The Morgan fingerprint density at radius 2 is 1.74 bits per heavy atom. The Balaban J connectivity index is 1.56. The van der Waals surface area contributed by atoms with Gasteiger partial charge in [0.2, 0.25) is 11.8 Å². The van der Waals surface area contributed by atoms with Crippen molar-refractivity contribution in [2.24, 2.45) is 11.8 Å². The second-order valence-corrected chi connectivity index (χ2v) is 7.19. The summed E-state index contributed by atoms with van der Waals surface area (Å²) in [5.74, 6) is -2.44. The zero-order valence-corrected chi connectivity index (χ0v) is 15.6. The van der Waals surface area contributed by atoms with Crippen LogP contribution in [0.3, 0.4) is 0 Å². The molecule has 0 unspecified atom stereocenters. The number of amides is 3. The minimum Gasteiger partial charge on any atom is -0.454 e. The third kappa shape index (κ3) is 3.86. The van der Waals surface area contributed by atoms with Gasteiger partial charge in [-0.3, -0.25) is 19.3 Å². The first kappa shape index (κ1) is 19.1. The molecule has 0 spiro atoms. The summed E-state index contributed by atoms with van der Waals surface area (Å²) in [7, 11) is 0. The van der Waals surface area contributed by atoms with Crippen LogP contribution in [0.5, 0.6) is 0 Å². The molecule has 1 N–H and O–H groups in total. The molecule has 0 aromatic heterocycles. The highest BCUT2D eigenvalue weighted by Crippen LogP contribution is 2.38. The molecule has 1 aliphatic carbocycles. The van der Waals surface area contributed by atoms with E-state index in [0.29, 0.717) is 18.5 Å². The highest BCUT2D eigenvalue weighted by Gasteiger charge is 2.51. The van der Waals surface area contributed by atoms with Gasteiger partial charge in [0, 0.05) is 5.69 Å². The summed E-state index contributed by atoms with van der Waals surface area (Å²) in [6.07, 6.45) is 3.22. The highest BCUT2D eigenvalue weighted by molar-refractivity contribution is 6.08. The van der Waals surface area contributed by atoms with Gasteiger partial charge in [-0.2, -0.15) is 0 Å². The van der Waals surface area contributed by atoms with Crippen molar-refractivity contribution in [2.45, 2.75) is 45.6 Å². The number of aryl methyl sites for hydroxylation is 1. The van der Waals surface area contributed by atoms with E-state index < -0.39 is 24.5 Å². The van der Waals surface area contributed by atoms with Crippen LogP contribution in [0.2, 0.25) is 0 Å². The molecule has 7 nitrogen and oxygen atoms in total. The molecule has 2 fully saturated rings. The summed E-state index contributed by atoms with van der Waals surface area (Å²) in [6, 6.07) is 6.23. The number of carbonyl (C=O) groups is 4. The molecule has 1 aromatic carbocycles. The first-order chi connectivity index (χ1) is 12.9. The molecule has 1 saturated heterocycles. The number of nitrogens with zero attached hydrogens (tertiary/aromatic N) is 1.